The van der Waals surface area contributed by atoms with Crippen LogP contribution in [0.25, 0.3) is 0 Å². The molecular weight excluding hydrogens is 262 g/mol. The molecule has 6 heteroatoms. The fourth-order valence-electron chi connectivity index (χ4n) is 1.77. The number of amides is 1. The van der Waals surface area contributed by atoms with Gasteiger partial charge in [-0.15, -0.1) is 5.10 Å². The van der Waals surface area contributed by atoms with Gasteiger partial charge in [0.15, 0.2) is 5.69 Å². The minimum atomic E-state index is -0.593. The summed E-state index contributed by atoms with van der Waals surface area (Å²) in [6.07, 6.45) is -0.141. The Balaban J connectivity index is 1.88. The molecule has 1 heterocycles. The molecule has 0 fully saturated rings. The zero-order valence-corrected chi connectivity index (χ0v) is 11.3. The quantitative estimate of drug-likeness (QED) is 0.873. The highest BCUT2D eigenvalue weighted by molar-refractivity contribution is 7.03. The molecule has 0 aliphatic heterocycles. The van der Waals surface area contributed by atoms with Crippen molar-refractivity contribution in [3.8, 4) is 0 Å². The van der Waals surface area contributed by atoms with Crippen molar-refractivity contribution in [2.45, 2.75) is 25.5 Å². The molecule has 100 valence electrons. The lowest BCUT2D eigenvalue weighted by molar-refractivity contribution is 0.0912. The van der Waals surface area contributed by atoms with Crippen molar-refractivity contribution < 1.29 is 9.90 Å². The van der Waals surface area contributed by atoms with Crippen molar-refractivity contribution >= 4 is 17.4 Å². The van der Waals surface area contributed by atoms with E-state index in [0.717, 1.165) is 17.1 Å². The number of hydrogen-bond donors (Lipinski definition) is 2. The fourth-order valence-corrected chi connectivity index (χ4v) is 2.20. The molecule has 19 heavy (non-hydrogen) atoms. The SMILES string of the molecule is C[C@@H](C[C@H](O)c1ccccc1)NC(=O)c1csnn1. The number of aliphatic hydroxyl groups is 1. The third-order valence-corrected chi connectivity index (χ3v) is 3.24. The van der Waals surface area contributed by atoms with Crippen molar-refractivity contribution in [2.24, 2.45) is 0 Å². The highest BCUT2D eigenvalue weighted by atomic mass is 32.1. The van der Waals surface area contributed by atoms with Crippen LogP contribution in [0, 0.1) is 0 Å². The molecule has 1 aromatic heterocycles. The van der Waals surface area contributed by atoms with E-state index >= 15 is 0 Å². The average molecular weight is 277 g/mol. The summed E-state index contributed by atoms with van der Waals surface area (Å²) in [7, 11) is 0. The van der Waals surface area contributed by atoms with Crippen molar-refractivity contribution in [3.63, 3.8) is 0 Å². The summed E-state index contributed by atoms with van der Waals surface area (Å²) in [5.41, 5.74) is 1.16. The van der Waals surface area contributed by atoms with Gasteiger partial charge in [0.2, 0.25) is 0 Å². The number of carbonyl (C=O) groups is 1. The predicted octanol–water partition coefficient (Wildman–Crippen LogP) is 1.78. The van der Waals surface area contributed by atoms with Crippen LogP contribution >= 0.6 is 11.5 Å². The molecule has 0 radical (unpaired) electrons. The van der Waals surface area contributed by atoms with Gasteiger partial charge in [-0.3, -0.25) is 4.79 Å². The Labute approximate surface area is 115 Å². The molecule has 0 spiro atoms. The molecular formula is C13H15N3O2S. The van der Waals surface area contributed by atoms with Gasteiger partial charge in [-0.1, -0.05) is 34.8 Å². The van der Waals surface area contributed by atoms with Gasteiger partial charge >= 0.3 is 0 Å². The van der Waals surface area contributed by atoms with Gasteiger partial charge in [0, 0.05) is 11.4 Å². The molecule has 2 rings (SSSR count). The van der Waals surface area contributed by atoms with E-state index in [0.29, 0.717) is 12.1 Å². The number of nitrogens with zero attached hydrogens (tertiary/aromatic N) is 2. The Kier molecular flexibility index (Phi) is 4.59. The smallest absolute Gasteiger partial charge is 0.272 e. The molecule has 5 nitrogen and oxygen atoms in total. The summed E-state index contributed by atoms with van der Waals surface area (Å²) >= 11 is 1.13. The van der Waals surface area contributed by atoms with E-state index in [1.807, 2.05) is 37.3 Å². The van der Waals surface area contributed by atoms with Gasteiger partial charge in [-0.05, 0) is 30.4 Å². The van der Waals surface area contributed by atoms with Crippen LogP contribution in [0.1, 0.15) is 35.5 Å². The van der Waals surface area contributed by atoms with Gasteiger partial charge < -0.3 is 10.4 Å². The topological polar surface area (TPSA) is 75.1 Å². The normalized spacial score (nSPS) is 13.8. The maximum Gasteiger partial charge on any atom is 0.272 e. The van der Waals surface area contributed by atoms with Gasteiger partial charge in [-0.25, -0.2) is 0 Å². The van der Waals surface area contributed by atoms with Crippen LogP contribution in [0.2, 0.25) is 0 Å². The van der Waals surface area contributed by atoms with Crippen molar-refractivity contribution in [2.75, 3.05) is 0 Å². The Morgan fingerprint density at radius 3 is 2.79 bits per heavy atom. The summed E-state index contributed by atoms with van der Waals surface area (Å²) in [5, 5.41) is 18.1. The van der Waals surface area contributed by atoms with Crippen molar-refractivity contribution in [1.29, 1.82) is 0 Å². The Morgan fingerprint density at radius 1 is 1.42 bits per heavy atom. The van der Waals surface area contributed by atoms with Crippen molar-refractivity contribution in [3.05, 3.63) is 47.0 Å². The lowest BCUT2D eigenvalue weighted by Crippen LogP contribution is -2.34. The highest BCUT2D eigenvalue weighted by Gasteiger charge is 2.16. The van der Waals surface area contributed by atoms with E-state index in [9.17, 15) is 9.90 Å². The van der Waals surface area contributed by atoms with Gasteiger partial charge in [0.05, 0.1) is 6.10 Å². The van der Waals surface area contributed by atoms with Crippen molar-refractivity contribution in [1.82, 2.24) is 14.9 Å². The molecule has 2 N–H and O–H groups in total. The lowest BCUT2D eigenvalue weighted by atomic mass is 10.0. The molecule has 0 aliphatic carbocycles. The number of aromatic nitrogens is 2. The van der Waals surface area contributed by atoms with Gasteiger partial charge in [0.25, 0.3) is 5.91 Å². The Hall–Kier alpha value is -1.79. The summed E-state index contributed by atoms with van der Waals surface area (Å²) in [6, 6.07) is 9.24. The van der Waals surface area contributed by atoms with Crippen LogP contribution in [-0.2, 0) is 0 Å². The largest absolute Gasteiger partial charge is 0.388 e. The minimum absolute atomic E-state index is 0.149. The Morgan fingerprint density at radius 2 is 2.16 bits per heavy atom. The number of benzene rings is 1. The van der Waals surface area contributed by atoms with Gasteiger partial charge in [-0.2, -0.15) is 0 Å². The molecule has 1 aromatic carbocycles. The third-order valence-electron chi connectivity index (χ3n) is 2.73. The van der Waals surface area contributed by atoms with Gasteiger partial charge in [0.1, 0.15) is 0 Å². The molecule has 2 atom stereocenters. The van der Waals surface area contributed by atoms with Crippen LogP contribution in [0.15, 0.2) is 35.7 Å². The van der Waals surface area contributed by atoms with Crippen LogP contribution in [0.4, 0.5) is 0 Å². The number of carbonyl (C=O) groups excluding carboxylic acids is 1. The van der Waals surface area contributed by atoms with Crippen LogP contribution in [-0.4, -0.2) is 26.6 Å². The first-order valence-electron chi connectivity index (χ1n) is 5.97. The van der Waals surface area contributed by atoms with E-state index in [4.69, 9.17) is 0 Å². The predicted molar refractivity (Wildman–Crippen MR) is 72.9 cm³/mol. The second-order valence-corrected chi connectivity index (χ2v) is 4.94. The number of rotatable bonds is 5. The number of nitrogens with one attached hydrogen (secondary N) is 1. The fraction of sp³-hybridized carbons (Fsp3) is 0.308. The number of hydrogen-bond acceptors (Lipinski definition) is 5. The standard InChI is InChI=1S/C13H15N3O2S/c1-9(14-13(18)11-8-19-16-15-11)7-12(17)10-5-3-2-4-6-10/h2-6,8-9,12,17H,7H2,1H3,(H,14,18)/t9-,12-/m0/s1. The summed E-state index contributed by atoms with van der Waals surface area (Å²) < 4.78 is 3.64. The molecule has 2 aromatic rings. The highest BCUT2D eigenvalue weighted by Crippen LogP contribution is 2.17. The van der Waals surface area contributed by atoms with Crippen LogP contribution in [0.3, 0.4) is 0 Å². The molecule has 1 amide bonds. The van der Waals surface area contributed by atoms with Crippen LogP contribution in [0.5, 0.6) is 0 Å². The first-order chi connectivity index (χ1) is 9.16. The first-order valence-corrected chi connectivity index (χ1v) is 6.81. The summed E-state index contributed by atoms with van der Waals surface area (Å²) in [5.74, 6) is -0.262. The number of aliphatic hydroxyl groups excluding tert-OH is 1. The van der Waals surface area contributed by atoms with Crippen LogP contribution < -0.4 is 5.32 Å². The zero-order valence-electron chi connectivity index (χ0n) is 10.5. The second-order valence-electron chi connectivity index (χ2n) is 4.33. The zero-order chi connectivity index (χ0) is 13.7. The lowest BCUT2D eigenvalue weighted by Gasteiger charge is -2.17. The molecule has 0 unspecified atom stereocenters. The summed E-state index contributed by atoms with van der Waals surface area (Å²) in [4.78, 5) is 11.7. The van der Waals surface area contributed by atoms with E-state index in [1.165, 1.54) is 0 Å². The Bertz CT molecular complexity index is 516. The molecule has 0 saturated carbocycles. The van der Waals surface area contributed by atoms with E-state index < -0.39 is 6.10 Å². The average Bonchev–Trinajstić information content (AvgIpc) is 2.93. The van der Waals surface area contributed by atoms with E-state index in [1.54, 1.807) is 5.38 Å². The maximum atomic E-state index is 11.7. The molecule has 0 aliphatic rings. The first kappa shape index (κ1) is 13.6. The monoisotopic (exact) mass is 277 g/mol. The molecule has 0 bridgehead atoms. The third kappa shape index (κ3) is 3.84. The molecule has 0 saturated heterocycles. The second kappa shape index (κ2) is 6.40. The minimum Gasteiger partial charge on any atom is -0.388 e. The summed E-state index contributed by atoms with van der Waals surface area (Å²) in [6.45, 7) is 1.85. The maximum absolute atomic E-state index is 11.7. The van der Waals surface area contributed by atoms with E-state index in [-0.39, 0.29) is 11.9 Å². The van der Waals surface area contributed by atoms with E-state index in [2.05, 4.69) is 14.9 Å².